The summed E-state index contributed by atoms with van der Waals surface area (Å²) >= 11 is 3.27. The quantitative estimate of drug-likeness (QED) is 0.773. The molecule has 3 nitrogen and oxygen atoms in total. The van der Waals surface area contributed by atoms with Crippen molar-refractivity contribution in [3.63, 3.8) is 0 Å². The van der Waals surface area contributed by atoms with Gasteiger partial charge in [-0.25, -0.2) is 4.39 Å². The molecular formula is C15H16BrFO3. The maximum Gasteiger partial charge on any atom is 0.170 e. The Morgan fingerprint density at radius 1 is 1.40 bits per heavy atom. The van der Waals surface area contributed by atoms with Crippen LogP contribution >= 0.6 is 15.9 Å². The Labute approximate surface area is 125 Å². The Balaban J connectivity index is 1.83. The lowest BCUT2D eigenvalue weighted by atomic mass is 9.81. The van der Waals surface area contributed by atoms with E-state index in [1.54, 1.807) is 12.1 Å². The molecule has 2 heterocycles. The van der Waals surface area contributed by atoms with Gasteiger partial charge in [-0.1, -0.05) is 6.07 Å². The molecule has 0 N–H and O–H groups in total. The van der Waals surface area contributed by atoms with Gasteiger partial charge in [0.2, 0.25) is 0 Å². The largest absolute Gasteiger partial charge is 0.378 e. The molecular weight excluding hydrogens is 327 g/mol. The van der Waals surface area contributed by atoms with Gasteiger partial charge in [-0.3, -0.25) is 4.79 Å². The number of halogens is 2. The molecule has 2 unspecified atom stereocenters. The number of rotatable bonds is 2. The summed E-state index contributed by atoms with van der Waals surface area (Å²) in [6.07, 6.45) is 2.07. The van der Waals surface area contributed by atoms with E-state index in [0.29, 0.717) is 37.1 Å². The fraction of sp³-hybridized carbons (Fsp3) is 0.533. The molecule has 0 radical (unpaired) electrons. The third kappa shape index (κ3) is 2.54. The van der Waals surface area contributed by atoms with Crippen molar-refractivity contribution in [2.24, 2.45) is 5.92 Å². The number of ether oxygens (including phenoxy) is 2. The minimum Gasteiger partial charge on any atom is -0.378 e. The highest BCUT2D eigenvalue weighted by Gasteiger charge is 2.43. The van der Waals surface area contributed by atoms with E-state index in [0.717, 1.165) is 6.42 Å². The maximum atomic E-state index is 13.9. The van der Waals surface area contributed by atoms with Crippen LogP contribution in [0, 0.1) is 11.7 Å². The number of hydrogen-bond acceptors (Lipinski definition) is 3. The summed E-state index contributed by atoms with van der Waals surface area (Å²) in [6, 6.07) is 4.61. The van der Waals surface area contributed by atoms with Gasteiger partial charge >= 0.3 is 0 Å². The molecule has 2 saturated heterocycles. The Hall–Kier alpha value is -0.780. The summed E-state index contributed by atoms with van der Waals surface area (Å²) in [5.41, 5.74) is -0.176. The van der Waals surface area contributed by atoms with Crippen molar-refractivity contribution in [3.8, 4) is 0 Å². The lowest BCUT2D eigenvalue weighted by molar-refractivity contribution is -0.0921. The zero-order valence-electron chi connectivity index (χ0n) is 11.0. The zero-order chi connectivity index (χ0) is 14.2. The summed E-state index contributed by atoms with van der Waals surface area (Å²) < 4.78 is 25.7. The molecule has 2 atom stereocenters. The number of benzene rings is 1. The Bertz CT molecular complexity index is 506. The van der Waals surface area contributed by atoms with Crippen LogP contribution in [0.4, 0.5) is 4.39 Å². The van der Waals surface area contributed by atoms with Crippen molar-refractivity contribution in [2.45, 2.75) is 24.9 Å². The highest BCUT2D eigenvalue weighted by molar-refractivity contribution is 9.10. The van der Waals surface area contributed by atoms with Crippen molar-refractivity contribution in [1.29, 1.82) is 0 Å². The summed E-state index contributed by atoms with van der Waals surface area (Å²) in [4.78, 5) is 12.6. The molecule has 0 saturated carbocycles. The molecule has 1 aromatic carbocycles. The SMILES string of the molecule is O=C(c1c(F)cccc1Br)C1CCOC2(CCOC2)C1. The molecule has 20 heavy (non-hydrogen) atoms. The standard InChI is InChI=1S/C15H16BrFO3/c16-11-2-1-3-12(17)13(11)14(18)10-4-6-20-15(8-10)5-7-19-9-15/h1-3,10H,4-9H2. The second-order valence-corrected chi connectivity index (χ2v) is 6.34. The lowest BCUT2D eigenvalue weighted by Crippen LogP contribution is -2.42. The second kappa shape index (κ2) is 5.54. The smallest absolute Gasteiger partial charge is 0.170 e. The second-order valence-electron chi connectivity index (χ2n) is 5.48. The first kappa shape index (κ1) is 14.2. The van der Waals surface area contributed by atoms with E-state index in [9.17, 15) is 9.18 Å². The maximum absolute atomic E-state index is 13.9. The van der Waals surface area contributed by atoms with E-state index in [-0.39, 0.29) is 22.9 Å². The molecule has 2 aliphatic rings. The van der Waals surface area contributed by atoms with Crippen LogP contribution < -0.4 is 0 Å². The normalized spacial score (nSPS) is 29.8. The molecule has 0 bridgehead atoms. The van der Waals surface area contributed by atoms with Crippen LogP contribution in [0.25, 0.3) is 0 Å². The van der Waals surface area contributed by atoms with Crippen molar-refractivity contribution in [2.75, 3.05) is 19.8 Å². The average Bonchev–Trinajstić information content (AvgIpc) is 2.86. The van der Waals surface area contributed by atoms with Gasteiger partial charge in [0.1, 0.15) is 5.82 Å². The van der Waals surface area contributed by atoms with E-state index in [1.807, 2.05) is 0 Å². The highest BCUT2D eigenvalue weighted by atomic mass is 79.9. The summed E-state index contributed by atoms with van der Waals surface area (Å²) in [5, 5.41) is 0. The molecule has 0 aromatic heterocycles. The van der Waals surface area contributed by atoms with Crippen LogP contribution in [0.2, 0.25) is 0 Å². The van der Waals surface area contributed by atoms with Gasteiger partial charge in [-0.2, -0.15) is 0 Å². The number of Topliss-reactive ketones (excluding diaryl/α,β-unsaturated/α-hetero) is 1. The first-order valence-electron chi connectivity index (χ1n) is 6.81. The molecule has 0 aliphatic carbocycles. The van der Waals surface area contributed by atoms with E-state index >= 15 is 0 Å². The van der Waals surface area contributed by atoms with Crippen LogP contribution in [0.1, 0.15) is 29.6 Å². The van der Waals surface area contributed by atoms with E-state index < -0.39 is 5.82 Å². The van der Waals surface area contributed by atoms with Crippen LogP contribution in [0.3, 0.4) is 0 Å². The Morgan fingerprint density at radius 2 is 2.25 bits per heavy atom. The molecule has 1 aromatic rings. The number of ketones is 1. The Kier molecular flexibility index (Phi) is 3.93. The Morgan fingerprint density at radius 3 is 2.95 bits per heavy atom. The minimum atomic E-state index is -0.465. The van der Waals surface area contributed by atoms with Gasteiger partial charge in [0.15, 0.2) is 5.78 Å². The van der Waals surface area contributed by atoms with E-state index in [2.05, 4.69) is 15.9 Å². The molecule has 2 aliphatic heterocycles. The van der Waals surface area contributed by atoms with Crippen molar-refractivity contribution >= 4 is 21.7 Å². The molecule has 108 valence electrons. The van der Waals surface area contributed by atoms with Crippen molar-refractivity contribution < 1.29 is 18.7 Å². The third-order valence-corrected chi connectivity index (χ3v) is 4.80. The van der Waals surface area contributed by atoms with Crippen molar-refractivity contribution in [1.82, 2.24) is 0 Å². The van der Waals surface area contributed by atoms with Gasteiger partial charge in [0, 0.05) is 30.0 Å². The monoisotopic (exact) mass is 342 g/mol. The predicted octanol–water partition coefficient (Wildman–Crippen LogP) is 3.36. The lowest BCUT2D eigenvalue weighted by Gasteiger charge is -2.36. The molecule has 3 rings (SSSR count). The molecule has 0 amide bonds. The van der Waals surface area contributed by atoms with Gasteiger partial charge in [0.05, 0.1) is 17.8 Å². The highest BCUT2D eigenvalue weighted by Crippen LogP contribution is 2.38. The minimum absolute atomic E-state index is 0.135. The average molecular weight is 343 g/mol. The van der Waals surface area contributed by atoms with Crippen LogP contribution in [-0.2, 0) is 9.47 Å². The topological polar surface area (TPSA) is 35.5 Å². The van der Waals surface area contributed by atoms with E-state index in [4.69, 9.17) is 9.47 Å². The number of carbonyl (C=O) groups excluding carboxylic acids is 1. The van der Waals surface area contributed by atoms with Crippen LogP contribution in [0.15, 0.2) is 22.7 Å². The summed E-state index contributed by atoms with van der Waals surface area (Å²) in [5.74, 6) is -0.796. The summed E-state index contributed by atoms with van der Waals surface area (Å²) in [6.45, 7) is 1.74. The van der Waals surface area contributed by atoms with Gasteiger partial charge in [-0.15, -0.1) is 0 Å². The zero-order valence-corrected chi connectivity index (χ0v) is 12.6. The molecule has 5 heteroatoms. The fourth-order valence-electron chi connectivity index (χ4n) is 3.05. The van der Waals surface area contributed by atoms with E-state index in [1.165, 1.54) is 6.07 Å². The predicted molar refractivity (Wildman–Crippen MR) is 75.3 cm³/mol. The molecule has 2 fully saturated rings. The number of carbonyl (C=O) groups is 1. The van der Waals surface area contributed by atoms with Crippen LogP contribution in [-0.4, -0.2) is 31.2 Å². The van der Waals surface area contributed by atoms with Gasteiger partial charge in [0.25, 0.3) is 0 Å². The summed E-state index contributed by atoms with van der Waals surface area (Å²) in [7, 11) is 0. The first-order valence-corrected chi connectivity index (χ1v) is 7.61. The fourth-order valence-corrected chi connectivity index (χ4v) is 3.59. The van der Waals surface area contributed by atoms with Gasteiger partial charge in [-0.05, 0) is 40.9 Å². The number of hydrogen-bond donors (Lipinski definition) is 0. The third-order valence-electron chi connectivity index (χ3n) is 4.14. The van der Waals surface area contributed by atoms with Crippen molar-refractivity contribution in [3.05, 3.63) is 34.1 Å². The first-order chi connectivity index (χ1) is 9.61. The van der Waals surface area contributed by atoms with Gasteiger partial charge < -0.3 is 9.47 Å². The van der Waals surface area contributed by atoms with Crippen LogP contribution in [0.5, 0.6) is 0 Å². The molecule has 1 spiro atoms.